The molecule has 1 aromatic heterocycles. The van der Waals surface area contributed by atoms with Gasteiger partial charge in [-0.15, -0.1) is 0 Å². The molecule has 5 rings (SSSR count). The second-order valence-corrected chi connectivity index (χ2v) is 11.4. The van der Waals surface area contributed by atoms with Gasteiger partial charge in [-0.05, 0) is 80.7 Å². The van der Waals surface area contributed by atoms with Gasteiger partial charge < -0.3 is 19.9 Å². The minimum absolute atomic E-state index is 0.0170. The van der Waals surface area contributed by atoms with Gasteiger partial charge in [-0.1, -0.05) is 24.3 Å². The zero-order valence-electron chi connectivity index (χ0n) is 22.5. The van der Waals surface area contributed by atoms with Crippen LogP contribution in [0.2, 0.25) is 0 Å². The number of likely N-dealkylation sites (tertiary alicyclic amines) is 1. The molecule has 2 aromatic rings. The van der Waals surface area contributed by atoms with Crippen LogP contribution in [0.4, 0.5) is 10.2 Å². The molecule has 0 aliphatic carbocycles. The number of unbranched alkanes of at least 4 members (excludes halogenated alkanes) is 1. The maximum Gasteiger partial charge on any atom is 0.325 e. The van der Waals surface area contributed by atoms with Crippen molar-refractivity contribution >= 4 is 11.8 Å². The van der Waals surface area contributed by atoms with Crippen LogP contribution >= 0.6 is 0 Å². The van der Waals surface area contributed by atoms with Crippen LogP contribution in [0.1, 0.15) is 73.5 Å². The second-order valence-electron chi connectivity index (χ2n) is 11.4. The number of benzene rings is 1. The largest absolute Gasteiger partial charge is 0.480 e. The first-order valence-corrected chi connectivity index (χ1v) is 14.0. The van der Waals surface area contributed by atoms with Crippen molar-refractivity contribution in [1.82, 2.24) is 9.88 Å². The van der Waals surface area contributed by atoms with Gasteiger partial charge >= 0.3 is 5.97 Å². The molecule has 3 atom stereocenters. The van der Waals surface area contributed by atoms with Crippen molar-refractivity contribution < 1.29 is 23.8 Å². The molecule has 0 bridgehead atoms. The van der Waals surface area contributed by atoms with Crippen molar-refractivity contribution in [2.75, 3.05) is 31.6 Å². The number of pyridine rings is 1. The van der Waals surface area contributed by atoms with Crippen molar-refractivity contribution in [3.05, 3.63) is 58.3 Å². The van der Waals surface area contributed by atoms with E-state index in [1.807, 2.05) is 23.1 Å². The van der Waals surface area contributed by atoms with E-state index in [4.69, 9.17) is 14.5 Å². The number of aliphatic carboxylic acids is 1. The Morgan fingerprint density at radius 3 is 2.97 bits per heavy atom. The number of nitrogens with one attached hydrogen (secondary N) is 1. The highest BCUT2D eigenvalue weighted by Gasteiger charge is 2.39. The number of aryl methyl sites for hydroxylation is 2. The summed E-state index contributed by atoms with van der Waals surface area (Å²) in [5, 5.41) is 13.6. The fourth-order valence-electron chi connectivity index (χ4n) is 5.95. The van der Waals surface area contributed by atoms with E-state index in [9.17, 15) is 14.3 Å². The van der Waals surface area contributed by atoms with Crippen molar-refractivity contribution in [3.8, 4) is 0 Å². The lowest BCUT2D eigenvalue weighted by molar-refractivity contribution is -0.143. The second kappa shape index (κ2) is 11.7. The maximum atomic E-state index is 14.7. The van der Waals surface area contributed by atoms with Crippen molar-refractivity contribution in [1.29, 1.82) is 0 Å². The summed E-state index contributed by atoms with van der Waals surface area (Å²) in [5.41, 5.74) is 3.54. The minimum Gasteiger partial charge on any atom is -0.480 e. The van der Waals surface area contributed by atoms with E-state index >= 15 is 0 Å². The smallest absolute Gasteiger partial charge is 0.325 e. The third kappa shape index (κ3) is 6.19. The highest BCUT2D eigenvalue weighted by atomic mass is 19.1. The number of nitrogens with zero attached hydrogens (tertiary/aromatic N) is 2. The van der Waals surface area contributed by atoms with Gasteiger partial charge in [-0.3, -0.25) is 9.69 Å². The Hall–Kier alpha value is -2.55. The molecule has 1 fully saturated rings. The molecule has 0 spiro atoms. The van der Waals surface area contributed by atoms with Gasteiger partial charge in [0.2, 0.25) is 0 Å². The average Bonchev–Trinajstić information content (AvgIpc) is 3.36. The zero-order chi connectivity index (χ0) is 26.7. The molecule has 0 saturated carbocycles. The number of ether oxygens (including phenoxy) is 2. The Bertz CT molecular complexity index is 1130. The standard InChI is InChI=1S/C30H40FN3O4/c1-30(2,31)26-17-25-21(19-38-26)7-5-10-24(25)27(29(35)36)34-15-13-23(18-34)37-16-4-3-9-22-12-11-20-8-6-14-32-28(20)33-22/h5,7,10-12,23,26-27H,3-4,6,8-9,13-19H2,1-2H3,(H,32,33)(H,35,36)/t23-,26-,27-/m1/s1. The number of carbonyl (C=O) groups is 1. The molecule has 0 amide bonds. The Kier molecular flexibility index (Phi) is 8.31. The molecule has 8 heteroatoms. The van der Waals surface area contributed by atoms with E-state index in [1.54, 1.807) is 0 Å². The summed E-state index contributed by atoms with van der Waals surface area (Å²) in [6, 6.07) is 9.27. The Morgan fingerprint density at radius 2 is 2.16 bits per heavy atom. The molecule has 2 N–H and O–H groups in total. The number of aromatic nitrogens is 1. The zero-order valence-corrected chi connectivity index (χ0v) is 22.5. The van der Waals surface area contributed by atoms with E-state index in [0.29, 0.717) is 32.7 Å². The van der Waals surface area contributed by atoms with E-state index < -0.39 is 23.8 Å². The number of alkyl halides is 1. The lowest BCUT2D eigenvalue weighted by Crippen LogP contribution is -2.40. The van der Waals surface area contributed by atoms with E-state index in [1.165, 1.54) is 19.4 Å². The van der Waals surface area contributed by atoms with Crippen molar-refractivity contribution in [3.63, 3.8) is 0 Å². The molecule has 0 radical (unpaired) electrons. The summed E-state index contributed by atoms with van der Waals surface area (Å²) in [4.78, 5) is 19.2. The Morgan fingerprint density at radius 1 is 1.29 bits per heavy atom. The quantitative estimate of drug-likeness (QED) is 0.428. The highest BCUT2D eigenvalue weighted by molar-refractivity contribution is 5.76. The first-order chi connectivity index (χ1) is 18.3. The number of fused-ring (bicyclic) bond motifs is 2. The van der Waals surface area contributed by atoms with Crippen LogP contribution in [0.25, 0.3) is 0 Å². The number of carboxylic acids is 1. The summed E-state index contributed by atoms with van der Waals surface area (Å²) in [6.45, 7) is 6.22. The fourth-order valence-corrected chi connectivity index (χ4v) is 5.95. The third-order valence-corrected chi connectivity index (χ3v) is 8.11. The summed E-state index contributed by atoms with van der Waals surface area (Å²) < 4.78 is 26.6. The number of hydrogen-bond acceptors (Lipinski definition) is 6. The monoisotopic (exact) mass is 525 g/mol. The lowest BCUT2D eigenvalue weighted by atomic mass is 9.86. The topological polar surface area (TPSA) is 83.9 Å². The Labute approximate surface area is 224 Å². The molecule has 3 aliphatic heterocycles. The van der Waals surface area contributed by atoms with Crippen LogP contribution in [0.5, 0.6) is 0 Å². The number of rotatable bonds is 10. The van der Waals surface area contributed by atoms with Crippen LogP contribution in [0.3, 0.4) is 0 Å². The molecular weight excluding hydrogens is 485 g/mol. The third-order valence-electron chi connectivity index (χ3n) is 8.11. The number of anilines is 1. The predicted molar refractivity (Wildman–Crippen MR) is 144 cm³/mol. The highest BCUT2D eigenvalue weighted by Crippen LogP contribution is 2.36. The van der Waals surface area contributed by atoms with Crippen LogP contribution in [-0.4, -0.2) is 65.1 Å². The van der Waals surface area contributed by atoms with E-state index in [-0.39, 0.29) is 6.10 Å². The number of hydrogen-bond donors (Lipinski definition) is 2. The van der Waals surface area contributed by atoms with Crippen LogP contribution in [0.15, 0.2) is 30.3 Å². The van der Waals surface area contributed by atoms with Gasteiger partial charge in [0.1, 0.15) is 17.5 Å². The summed E-state index contributed by atoms with van der Waals surface area (Å²) in [5.74, 6) is 0.161. The molecular formula is C30H40FN3O4. The number of halogens is 1. The Balaban J connectivity index is 1.14. The van der Waals surface area contributed by atoms with Crippen LogP contribution in [-0.2, 0) is 40.1 Å². The molecule has 38 heavy (non-hydrogen) atoms. The molecule has 1 saturated heterocycles. The molecule has 4 heterocycles. The summed E-state index contributed by atoms with van der Waals surface area (Å²) >= 11 is 0. The molecule has 0 unspecified atom stereocenters. The fraction of sp³-hybridized carbons (Fsp3) is 0.600. The molecule has 7 nitrogen and oxygen atoms in total. The summed E-state index contributed by atoms with van der Waals surface area (Å²) in [6.07, 6.45) is 5.75. The minimum atomic E-state index is -1.50. The first kappa shape index (κ1) is 27.0. The van der Waals surface area contributed by atoms with E-state index in [2.05, 4.69) is 17.4 Å². The van der Waals surface area contributed by atoms with Crippen molar-refractivity contribution in [2.24, 2.45) is 0 Å². The normalized spacial score (nSPS) is 22.4. The van der Waals surface area contributed by atoms with Gasteiger partial charge in [-0.25, -0.2) is 9.37 Å². The van der Waals surface area contributed by atoms with Crippen LogP contribution in [0, 0.1) is 0 Å². The van der Waals surface area contributed by atoms with Gasteiger partial charge in [-0.2, -0.15) is 0 Å². The maximum absolute atomic E-state index is 14.7. The van der Waals surface area contributed by atoms with Crippen molar-refractivity contribution in [2.45, 2.75) is 89.3 Å². The predicted octanol–water partition coefficient (Wildman–Crippen LogP) is 4.87. The van der Waals surface area contributed by atoms with E-state index in [0.717, 1.165) is 73.3 Å². The molecule has 1 aromatic carbocycles. The van der Waals surface area contributed by atoms with Gasteiger partial charge in [0.25, 0.3) is 0 Å². The van der Waals surface area contributed by atoms with Gasteiger partial charge in [0, 0.05) is 38.4 Å². The van der Waals surface area contributed by atoms with Gasteiger partial charge in [0.05, 0.1) is 18.8 Å². The van der Waals surface area contributed by atoms with Crippen LogP contribution < -0.4 is 5.32 Å². The molecule has 206 valence electrons. The molecule has 3 aliphatic rings. The first-order valence-electron chi connectivity index (χ1n) is 14.0. The van der Waals surface area contributed by atoms with Gasteiger partial charge in [0.15, 0.2) is 0 Å². The SMILES string of the molecule is CC(C)(F)[C@H]1Cc2c(cccc2[C@H](C(=O)O)N2CC[C@@H](OCCCCc3ccc4c(n3)NCCC4)C2)CO1. The average molecular weight is 526 g/mol. The summed E-state index contributed by atoms with van der Waals surface area (Å²) in [7, 11) is 0. The number of carboxylic acid groups (broad SMARTS) is 1. The lowest BCUT2D eigenvalue weighted by Gasteiger charge is -2.35.